The van der Waals surface area contributed by atoms with Crippen molar-refractivity contribution in [2.45, 2.75) is 25.9 Å². The summed E-state index contributed by atoms with van der Waals surface area (Å²) in [7, 11) is 0. The smallest absolute Gasteiger partial charge is 0.322 e. The largest absolute Gasteiger partial charge is 0.483 e. The number of rotatable bonds is 6. The van der Waals surface area contributed by atoms with Crippen molar-refractivity contribution in [2.75, 3.05) is 13.1 Å². The average Bonchev–Trinajstić information content (AvgIpc) is 2.88. The molecule has 0 atom stereocenters. The van der Waals surface area contributed by atoms with E-state index in [1.165, 1.54) is 11.1 Å². The fourth-order valence-corrected chi connectivity index (χ4v) is 2.29. The lowest BCUT2D eigenvalue weighted by Crippen LogP contribution is -2.29. The standard InChI is InChI=1S/C14H18N2O3.CH2O2/c17-13(15-8-14(18)19)6-3-7-16-9-11-4-1-2-5-12(11)10-16;2-1-3/h1-2,4-5H,3,6-10H2,(H,15,17)(H,18,19);1H,(H,2,3). The number of carbonyl (C=O) groups is 3. The molecule has 0 aliphatic carbocycles. The zero-order valence-corrected chi connectivity index (χ0v) is 12.2. The molecule has 1 aliphatic rings. The van der Waals surface area contributed by atoms with Gasteiger partial charge in [0.25, 0.3) is 6.47 Å². The highest BCUT2D eigenvalue weighted by atomic mass is 16.4. The van der Waals surface area contributed by atoms with Crippen LogP contribution in [0.3, 0.4) is 0 Å². The topological polar surface area (TPSA) is 107 Å². The molecule has 0 unspecified atom stereocenters. The van der Waals surface area contributed by atoms with Gasteiger partial charge in [-0.3, -0.25) is 19.3 Å². The Morgan fingerprint density at radius 2 is 1.77 bits per heavy atom. The molecule has 1 aromatic carbocycles. The Hall–Kier alpha value is -2.41. The summed E-state index contributed by atoms with van der Waals surface area (Å²) in [5, 5.41) is 17.7. The van der Waals surface area contributed by atoms with Crippen LogP contribution < -0.4 is 5.32 Å². The lowest BCUT2D eigenvalue weighted by Gasteiger charge is -2.14. The summed E-state index contributed by atoms with van der Waals surface area (Å²) in [4.78, 5) is 32.3. The second-order valence-electron chi connectivity index (χ2n) is 4.86. The maximum Gasteiger partial charge on any atom is 0.322 e. The normalized spacial score (nSPS) is 12.7. The molecule has 1 aromatic rings. The van der Waals surface area contributed by atoms with Gasteiger partial charge in [0.1, 0.15) is 6.54 Å². The van der Waals surface area contributed by atoms with Gasteiger partial charge in [-0.1, -0.05) is 24.3 Å². The Morgan fingerprint density at radius 3 is 2.27 bits per heavy atom. The monoisotopic (exact) mass is 308 g/mol. The number of hydrogen-bond donors (Lipinski definition) is 3. The molecule has 22 heavy (non-hydrogen) atoms. The van der Waals surface area contributed by atoms with E-state index in [9.17, 15) is 9.59 Å². The second-order valence-corrected chi connectivity index (χ2v) is 4.86. The third-order valence-corrected chi connectivity index (χ3v) is 3.22. The average molecular weight is 308 g/mol. The summed E-state index contributed by atoms with van der Waals surface area (Å²) in [5.41, 5.74) is 2.72. The number of fused-ring (bicyclic) bond motifs is 1. The van der Waals surface area contributed by atoms with E-state index in [1.807, 2.05) is 12.1 Å². The number of aliphatic carboxylic acids is 1. The van der Waals surface area contributed by atoms with Gasteiger partial charge in [0.05, 0.1) is 0 Å². The maximum atomic E-state index is 11.3. The van der Waals surface area contributed by atoms with Gasteiger partial charge in [-0.25, -0.2) is 0 Å². The molecule has 0 radical (unpaired) electrons. The van der Waals surface area contributed by atoms with Crippen LogP contribution in [0.1, 0.15) is 24.0 Å². The zero-order valence-electron chi connectivity index (χ0n) is 12.2. The van der Waals surface area contributed by atoms with E-state index in [2.05, 4.69) is 22.3 Å². The van der Waals surface area contributed by atoms with Gasteiger partial charge in [0.2, 0.25) is 5.91 Å². The quantitative estimate of drug-likeness (QED) is 0.667. The van der Waals surface area contributed by atoms with Crippen molar-refractivity contribution in [3.63, 3.8) is 0 Å². The Labute approximate surface area is 128 Å². The van der Waals surface area contributed by atoms with Gasteiger partial charge >= 0.3 is 5.97 Å². The van der Waals surface area contributed by atoms with Crippen LogP contribution in [-0.2, 0) is 27.5 Å². The van der Waals surface area contributed by atoms with Crippen LogP contribution in [0.5, 0.6) is 0 Å². The highest BCUT2D eigenvalue weighted by Crippen LogP contribution is 2.22. The minimum Gasteiger partial charge on any atom is -0.483 e. The maximum absolute atomic E-state index is 11.3. The van der Waals surface area contributed by atoms with Crippen molar-refractivity contribution >= 4 is 18.3 Å². The SMILES string of the molecule is O=C(O)CNC(=O)CCCN1Cc2ccccc2C1.O=CO. The molecule has 0 spiro atoms. The van der Waals surface area contributed by atoms with E-state index >= 15 is 0 Å². The van der Waals surface area contributed by atoms with Crippen molar-refractivity contribution in [1.29, 1.82) is 0 Å². The third-order valence-electron chi connectivity index (χ3n) is 3.22. The van der Waals surface area contributed by atoms with E-state index in [0.717, 1.165) is 26.1 Å². The van der Waals surface area contributed by atoms with Crippen LogP contribution in [0.2, 0.25) is 0 Å². The number of hydrogen-bond acceptors (Lipinski definition) is 4. The van der Waals surface area contributed by atoms with Crippen molar-refractivity contribution in [3.8, 4) is 0 Å². The van der Waals surface area contributed by atoms with Gasteiger partial charge in [-0.2, -0.15) is 0 Å². The number of carboxylic acid groups (broad SMARTS) is 2. The number of benzene rings is 1. The minimum absolute atomic E-state index is 0.195. The summed E-state index contributed by atoms with van der Waals surface area (Å²) in [6.07, 6.45) is 1.12. The van der Waals surface area contributed by atoms with Gasteiger partial charge in [-0.05, 0) is 24.1 Å². The zero-order chi connectivity index (χ0) is 16.4. The molecule has 1 amide bonds. The summed E-state index contributed by atoms with van der Waals surface area (Å²) in [6.45, 7) is 2.18. The first-order chi connectivity index (χ1) is 10.6. The van der Waals surface area contributed by atoms with Crippen LogP contribution in [0.25, 0.3) is 0 Å². The summed E-state index contributed by atoms with van der Waals surface area (Å²) >= 11 is 0. The Balaban J connectivity index is 0.000000745. The molecule has 2 rings (SSSR count). The molecule has 1 heterocycles. The highest BCUT2D eigenvalue weighted by molar-refractivity contribution is 5.80. The molecule has 0 saturated carbocycles. The first kappa shape index (κ1) is 17.6. The number of carboxylic acids is 1. The molecule has 0 bridgehead atoms. The van der Waals surface area contributed by atoms with Crippen molar-refractivity contribution < 1.29 is 24.6 Å². The Bertz CT molecular complexity index is 493. The van der Waals surface area contributed by atoms with Crippen LogP contribution in [0.15, 0.2) is 24.3 Å². The van der Waals surface area contributed by atoms with Crippen molar-refractivity contribution in [3.05, 3.63) is 35.4 Å². The fourth-order valence-electron chi connectivity index (χ4n) is 2.29. The Morgan fingerprint density at radius 1 is 1.23 bits per heavy atom. The van der Waals surface area contributed by atoms with Gasteiger partial charge < -0.3 is 15.5 Å². The molecule has 0 saturated heterocycles. The second kappa shape index (κ2) is 9.51. The van der Waals surface area contributed by atoms with Crippen LogP contribution in [0, 0.1) is 0 Å². The van der Waals surface area contributed by atoms with E-state index in [0.29, 0.717) is 6.42 Å². The number of carbonyl (C=O) groups excluding carboxylic acids is 1. The molecule has 0 aromatic heterocycles. The first-order valence-corrected chi connectivity index (χ1v) is 6.92. The van der Waals surface area contributed by atoms with E-state index in [1.54, 1.807) is 0 Å². The number of nitrogens with zero attached hydrogens (tertiary/aromatic N) is 1. The van der Waals surface area contributed by atoms with Crippen molar-refractivity contribution in [1.82, 2.24) is 10.2 Å². The molecule has 0 fully saturated rings. The number of amides is 1. The molecule has 7 heteroatoms. The number of nitrogens with one attached hydrogen (secondary N) is 1. The van der Waals surface area contributed by atoms with E-state index in [-0.39, 0.29) is 18.9 Å². The predicted molar refractivity (Wildman–Crippen MR) is 79.1 cm³/mol. The summed E-state index contributed by atoms with van der Waals surface area (Å²) in [5.74, 6) is -1.21. The van der Waals surface area contributed by atoms with Gasteiger partial charge in [0.15, 0.2) is 0 Å². The van der Waals surface area contributed by atoms with E-state index < -0.39 is 5.97 Å². The molecular weight excluding hydrogens is 288 g/mol. The summed E-state index contributed by atoms with van der Waals surface area (Å²) < 4.78 is 0. The fraction of sp³-hybridized carbons (Fsp3) is 0.400. The van der Waals surface area contributed by atoms with Crippen LogP contribution >= 0.6 is 0 Å². The Kier molecular flexibility index (Phi) is 7.63. The van der Waals surface area contributed by atoms with Gasteiger partial charge in [-0.15, -0.1) is 0 Å². The molecule has 7 nitrogen and oxygen atoms in total. The first-order valence-electron chi connectivity index (χ1n) is 6.92. The summed E-state index contributed by atoms with van der Waals surface area (Å²) in [6, 6.07) is 8.35. The van der Waals surface area contributed by atoms with Gasteiger partial charge in [0, 0.05) is 19.5 Å². The molecule has 1 aliphatic heterocycles. The minimum atomic E-state index is -1.01. The molecular formula is C15H20N2O5. The predicted octanol–water partition coefficient (Wildman–Crippen LogP) is 0.684. The van der Waals surface area contributed by atoms with E-state index in [4.69, 9.17) is 15.0 Å². The molecule has 3 N–H and O–H groups in total. The van der Waals surface area contributed by atoms with Crippen LogP contribution in [0.4, 0.5) is 0 Å². The van der Waals surface area contributed by atoms with Crippen LogP contribution in [-0.4, -0.2) is 46.6 Å². The lowest BCUT2D eigenvalue weighted by molar-refractivity contribution is -0.138. The highest BCUT2D eigenvalue weighted by Gasteiger charge is 2.17. The molecule has 120 valence electrons. The lowest BCUT2D eigenvalue weighted by atomic mass is 10.1. The third kappa shape index (κ3) is 6.36. The van der Waals surface area contributed by atoms with Crippen molar-refractivity contribution in [2.24, 2.45) is 0 Å².